The van der Waals surface area contributed by atoms with E-state index in [1.165, 1.54) is 6.20 Å². The molecular weight excluding hydrogens is 264 g/mol. The third-order valence-electron chi connectivity index (χ3n) is 3.92. The quantitative estimate of drug-likeness (QED) is 0.822. The standard InChI is InChI=1S/C12H20N4O2S/c17-19(18,15-8-10-3-1-5-13-7-10)12-9-14-11-4-2-6-16(11)12/h9-10,13,15H,1-8H2. The maximum Gasteiger partial charge on any atom is 0.257 e. The Kier molecular flexibility index (Phi) is 3.60. The van der Waals surface area contributed by atoms with Crippen LogP contribution in [0, 0.1) is 5.92 Å². The van der Waals surface area contributed by atoms with Crippen LogP contribution in [0.15, 0.2) is 11.2 Å². The van der Waals surface area contributed by atoms with Crippen molar-refractivity contribution in [2.24, 2.45) is 5.92 Å². The number of nitrogens with one attached hydrogen (secondary N) is 2. The van der Waals surface area contributed by atoms with Crippen LogP contribution < -0.4 is 10.0 Å². The molecule has 3 heterocycles. The number of hydrogen-bond donors (Lipinski definition) is 2. The Morgan fingerprint density at radius 3 is 3.16 bits per heavy atom. The van der Waals surface area contributed by atoms with Gasteiger partial charge >= 0.3 is 0 Å². The molecule has 106 valence electrons. The summed E-state index contributed by atoms with van der Waals surface area (Å²) in [5.41, 5.74) is 0. The summed E-state index contributed by atoms with van der Waals surface area (Å²) in [4.78, 5) is 4.19. The number of fused-ring (bicyclic) bond motifs is 1. The van der Waals surface area contributed by atoms with Gasteiger partial charge in [-0.25, -0.2) is 18.1 Å². The number of piperidine rings is 1. The van der Waals surface area contributed by atoms with E-state index in [0.717, 1.165) is 51.1 Å². The second kappa shape index (κ2) is 5.22. The Hall–Kier alpha value is -0.920. The molecule has 1 atom stereocenters. The molecule has 6 nitrogen and oxygen atoms in total. The van der Waals surface area contributed by atoms with Gasteiger partial charge in [0, 0.05) is 19.5 Å². The second-order valence-electron chi connectivity index (χ2n) is 5.33. The first kappa shape index (κ1) is 13.1. The fraction of sp³-hybridized carbons (Fsp3) is 0.750. The monoisotopic (exact) mass is 284 g/mol. The van der Waals surface area contributed by atoms with E-state index in [1.807, 2.05) is 4.57 Å². The summed E-state index contributed by atoms with van der Waals surface area (Å²) >= 11 is 0. The molecule has 0 aromatic carbocycles. The number of aromatic nitrogens is 2. The van der Waals surface area contributed by atoms with Crippen molar-refractivity contribution in [3.05, 3.63) is 12.0 Å². The lowest BCUT2D eigenvalue weighted by Gasteiger charge is -2.22. The van der Waals surface area contributed by atoms with E-state index in [4.69, 9.17) is 0 Å². The minimum absolute atomic E-state index is 0.323. The molecule has 0 spiro atoms. The van der Waals surface area contributed by atoms with E-state index in [-0.39, 0.29) is 0 Å². The smallest absolute Gasteiger partial charge is 0.257 e. The van der Waals surface area contributed by atoms with Crippen LogP contribution in [-0.4, -0.2) is 37.6 Å². The highest BCUT2D eigenvalue weighted by molar-refractivity contribution is 7.89. The summed E-state index contributed by atoms with van der Waals surface area (Å²) < 4.78 is 29.2. The van der Waals surface area contributed by atoms with Crippen LogP contribution in [0.2, 0.25) is 0 Å². The number of hydrogen-bond acceptors (Lipinski definition) is 4. The van der Waals surface area contributed by atoms with Gasteiger partial charge in [-0.1, -0.05) is 0 Å². The highest BCUT2D eigenvalue weighted by atomic mass is 32.2. The van der Waals surface area contributed by atoms with Crippen molar-refractivity contribution in [2.75, 3.05) is 19.6 Å². The summed E-state index contributed by atoms with van der Waals surface area (Å²) in [6.07, 6.45) is 5.55. The number of sulfonamides is 1. The van der Waals surface area contributed by atoms with Crippen molar-refractivity contribution < 1.29 is 8.42 Å². The molecule has 0 radical (unpaired) electrons. The topological polar surface area (TPSA) is 76.0 Å². The van der Waals surface area contributed by atoms with Crippen LogP contribution in [0.4, 0.5) is 0 Å². The van der Waals surface area contributed by atoms with Crippen molar-refractivity contribution >= 4 is 10.0 Å². The summed E-state index contributed by atoms with van der Waals surface area (Å²) in [6, 6.07) is 0. The molecule has 1 saturated heterocycles. The molecule has 19 heavy (non-hydrogen) atoms. The number of imidazole rings is 1. The van der Waals surface area contributed by atoms with Gasteiger partial charge in [0.15, 0.2) is 5.03 Å². The minimum Gasteiger partial charge on any atom is -0.318 e. The fourth-order valence-corrected chi connectivity index (χ4v) is 4.13. The van der Waals surface area contributed by atoms with Gasteiger partial charge in [-0.2, -0.15) is 0 Å². The molecule has 3 rings (SSSR count). The number of aryl methyl sites for hydroxylation is 1. The second-order valence-corrected chi connectivity index (χ2v) is 7.05. The lowest BCUT2D eigenvalue weighted by Crippen LogP contribution is -2.38. The van der Waals surface area contributed by atoms with Gasteiger partial charge in [0.05, 0.1) is 6.20 Å². The van der Waals surface area contributed by atoms with Gasteiger partial charge in [-0.15, -0.1) is 0 Å². The Labute approximate surface area is 113 Å². The highest BCUT2D eigenvalue weighted by Gasteiger charge is 2.25. The number of nitrogens with zero attached hydrogens (tertiary/aromatic N) is 2. The first-order valence-corrected chi connectivity index (χ1v) is 8.40. The predicted octanol–water partition coefficient (Wildman–Crippen LogP) is 0.107. The van der Waals surface area contributed by atoms with Crippen molar-refractivity contribution in [3.63, 3.8) is 0 Å². The molecular formula is C12H20N4O2S. The van der Waals surface area contributed by atoms with E-state index in [2.05, 4.69) is 15.0 Å². The molecule has 0 bridgehead atoms. The molecule has 1 aromatic heterocycles. The molecule has 0 amide bonds. The molecule has 2 aliphatic heterocycles. The van der Waals surface area contributed by atoms with Gasteiger partial charge in [0.1, 0.15) is 5.82 Å². The van der Waals surface area contributed by atoms with Crippen molar-refractivity contribution in [1.82, 2.24) is 19.6 Å². The Morgan fingerprint density at radius 2 is 2.37 bits per heavy atom. The fourth-order valence-electron chi connectivity index (χ4n) is 2.84. The zero-order valence-electron chi connectivity index (χ0n) is 10.9. The van der Waals surface area contributed by atoms with Gasteiger partial charge in [0.2, 0.25) is 0 Å². The Morgan fingerprint density at radius 1 is 1.47 bits per heavy atom. The van der Waals surface area contributed by atoms with Gasteiger partial charge < -0.3 is 9.88 Å². The maximum absolute atomic E-state index is 12.3. The number of rotatable bonds is 4. The van der Waals surface area contributed by atoms with Gasteiger partial charge in [-0.05, 0) is 38.3 Å². The van der Waals surface area contributed by atoms with Crippen LogP contribution in [0.3, 0.4) is 0 Å². The zero-order chi connectivity index (χ0) is 13.3. The minimum atomic E-state index is -3.42. The average Bonchev–Trinajstić information content (AvgIpc) is 3.00. The van der Waals surface area contributed by atoms with Crippen LogP contribution in [0.1, 0.15) is 25.1 Å². The summed E-state index contributed by atoms with van der Waals surface area (Å²) in [7, 11) is -3.42. The molecule has 2 aliphatic rings. The van der Waals surface area contributed by atoms with E-state index in [1.54, 1.807) is 0 Å². The molecule has 0 saturated carbocycles. The zero-order valence-corrected chi connectivity index (χ0v) is 11.7. The van der Waals surface area contributed by atoms with E-state index < -0.39 is 10.0 Å². The molecule has 1 aromatic rings. The maximum atomic E-state index is 12.3. The molecule has 2 N–H and O–H groups in total. The average molecular weight is 284 g/mol. The van der Waals surface area contributed by atoms with Crippen LogP contribution >= 0.6 is 0 Å². The van der Waals surface area contributed by atoms with E-state index in [9.17, 15) is 8.42 Å². The third-order valence-corrected chi connectivity index (χ3v) is 5.34. The first-order chi connectivity index (χ1) is 9.17. The normalized spacial score (nSPS) is 23.5. The summed E-state index contributed by atoms with van der Waals surface area (Å²) in [6.45, 7) is 3.21. The first-order valence-electron chi connectivity index (χ1n) is 6.91. The van der Waals surface area contributed by atoms with Crippen LogP contribution in [0.5, 0.6) is 0 Å². The van der Waals surface area contributed by atoms with Crippen molar-refractivity contribution in [3.8, 4) is 0 Å². The Balaban J connectivity index is 1.68. The molecule has 1 fully saturated rings. The van der Waals surface area contributed by atoms with E-state index in [0.29, 0.717) is 17.5 Å². The van der Waals surface area contributed by atoms with Gasteiger partial charge in [0.25, 0.3) is 10.0 Å². The largest absolute Gasteiger partial charge is 0.318 e. The predicted molar refractivity (Wildman–Crippen MR) is 71.3 cm³/mol. The SMILES string of the molecule is O=S(=O)(NCC1CCCNC1)c1cnc2n1CCC2. The highest BCUT2D eigenvalue weighted by Crippen LogP contribution is 2.20. The van der Waals surface area contributed by atoms with Crippen LogP contribution in [-0.2, 0) is 23.0 Å². The van der Waals surface area contributed by atoms with Gasteiger partial charge in [-0.3, -0.25) is 0 Å². The molecule has 7 heteroatoms. The lowest BCUT2D eigenvalue weighted by molar-refractivity contribution is 0.375. The summed E-state index contributed by atoms with van der Waals surface area (Å²) in [5, 5.41) is 3.62. The van der Waals surface area contributed by atoms with E-state index >= 15 is 0 Å². The molecule has 1 unspecified atom stereocenters. The third kappa shape index (κ3) is 2.68. The van der Waals surface area contributed by atoms with Crippen LogP contribution in [0.25, 0.3) is 0 Å². The Bertz CT molecular complexity index is 546. The summed E-state index contributed by atoms with van der Waals surface area (Å²) in [5.74, 6) is 1.28. The lowest BCUT2D eigenvalue weighted by atomic mass is 10.0. The van der Waals surface area contributed by atoms with Crippen molar-refractivity contribution in [2.45, 2.75) is 37.3 Å². The molecule has 0 aliphatic carbocycles. The van der Waals surface area contributed by atoms with Crippen molar-refractivity contribution in [1.29, 1.82) is 0 Å².